The molecule has 0 aromatic heterocycles. The van der Waals surface area contributed by atoms with Crippen molar-refractivity contribution in [2.24, 2.45) is 0 Å². The Balaban J connectivity index is 1.77. The van der Waals surface area contributed by atoms with Gasteiger partial charge in [0.1, 0.15) is 0 Å². The summed E-state index contributed by atoms with van der Waals surface area (Å²) >= 11 is 6.15. The molecular weight excluding hydrogens is 284 g/mol. The lowest BCUT2D eigenvalue weighted by atomic mass is 10.1. The Hall–Kier alpha value is -1.06. The first-order chi connectivity index (χ1) is 10.1. The van der Waals surface area contributed by atoms with Crippen LogP contribution in [0.25, 0.3) is 0 Å². The third kappa shape index (κ3) is 5.68. The molecule has 0 spiro atoms. The van der Waals surface area contributed by atoms with Gasteiger partial charge in [0.25, 0.3) is 0 Å². The average molecular weight is 309 g/mol. The zero-order valence-corrected chi connectivity index (χ0v) is 13.5. The van der Waals surface area contributed by atoms with Crippen LogP contribution in [-0.2, 0) is 11.3 Å². The normalized spacial score (nSPS) is 16.7. The van der Waals surface area contributed by atoms with Crippen LogP contribution in [0, 0.1) is 0 Å². The largest absolute Gasteiger partial charge is 0.352 e. The van der Waals surface area contributed by atoms with E-state index in [9.17, 15) is 4.79 Å². The van der Waals surface area contributed by atoms with Crippen molar-refractivity contribution in [3.8, 4) is 0 Å². The molecule has 0 unspecified atom stereocenters. The predicted molar refractivity (Wildman–Crippen MR) is 87.4 cm³/mol. The summed E-state index contributed by atoms with van der Waals surface area (Å²) < 4.78 is 0. The van der Waals surface area contributed by atoms with Gasteiger partial charge in [-0.3, -0.25) is 9.69 Å². The van der Waals surface area contributed by atoms with Crippen LogP contribution < -0.4 is 5.32 Å². The van der Waals surface area contributed by atoms with E-state index in [1.807, 2.05) is 36.2 Å². The van der Waals surface area contributed by atoms with Gasteiger partial charge >= 0.3 is 0 Å². The highest BCUT2D eigenvalue weighted by atomic mass is 35.5. The van der Waals surface area contributed by atoms with Gasteiger partial charge in [0, 0.05) is 17.6 Å². The summed E-state index contributed by atoms with van der Waals surface area (Å²) in [5.74, 6) is 0.122. The third-order valence-corrected chi connectivity index (χ3v) is 4.40. The van der Waals surface area contributed by atoms with E-state index in [2.05, 4.69) is 5.32 Å². The number of likely N-dealkylation sites (N-methyl/N-ethyl adjacent to an activating group) is 1. The molecule has 1 amide bonds. The second-order valence-electron chi connectivity index (χ2n) is 6.02. The molecule has 1 saturated carbocycles. The average Bonchev–Trinajstić information content (AvgIpc) is 2.69. The van der Waals surface area contributed by atoms with E-state index in [1.165, 1.54) is 25.7 Å². The summed E-state index contributed by atoms with van der Waals surface area (Å²) in [6.07, 6.45) is 7.33. The van der Waals surface area contributed by atoms with Crippen molar-refractivity contribution < 1.29 is 4.79 Å². The summed E-state index contributed by atoms with van der Waals surface area (Å²) in [5, 5.41) is 3.93. The van der Waals surface area contributed by atoms with Crippen molar-refractivity contribution in [2.45, 2.75) is 51.1 Å². The number of nitrogens with zero attached hydrogens (tertiary/aromatic N) is 1. The second-order valence-corrected chi connectivity index (χ2v) is 6.43. The number of rotatable bonds is 5. The van der Waals surface area contributed by atoms with Gasteiger partial charge in [-0.2, -0.15) is 0 Å². The van der Waals surface area contributed by atoms with E-state index in [-0.39, 0.29) is 5.91 Å². The van der Waals surface area contributed by atoms with Gasteiger partial charge < -0.3 is 5.32 Å². The van der Waals surface area contributed by atoms with E-state index < -0.39 is 0 Å². The minimum absolute atomic E-state index is 0.122. The van der Waals surface area contributed by atoms with E-state index in [0.29, 0.717) is 19.1 Å². The van der Waals surface area contributed by atoms with Crippen LogP contribution in [0.2, 0.25) is 5.02 Å². The Bertz CT molecular complexity index is 456. The minimum Gasteiger partial charge on any atom is -0.352 e. The number of nitrogens with one attached hydrogen (secondary N) is 1. The lowest BCUT2D eigenvalue weighted by Crippen LogP contribution is -2.40. The lowest BCUT2D eigenvalue weighted by Gasteiger charge is -2.20. The molecule has 0 radical (unpaired) electrons. The number of benzene rings is 1. The molecule has 0 saturated heterocycles. The summed E-state index contributed by atoms with van der Waals surface area (Å²) in [6, 6.07) is 8.15. The smallest absolute Gasteiger partial charge is 0.234 e. The number of hydrogen-bond acceptors (Lipinski definition) is 2. The molecule has 1 aromatic rings. The maximum atomic E-state index is 12.1. The maximum absolute atomic E-state index is 12.1. The molecule has 116 valence electrons. The number of halogens is 1. The molecule has 1 fully saturated rings. The maximum Gasteiger partial charge on any atom is 0.234 e. The minimum atomic E-state index is 0.122. The molecule has 4 heteroatoms. The van der Waals surface area contributed by atoms with Crippen molar-refractivity contribution in [1.82, 2.24) is 10.2 Å². The first-order valence-corrected chi connectivity index (χ1v) is 8.24. The van der Waals surface area contributed by atoms with Gasteiger partial charge in [0.15, 0.2) is 0 Å². The monoisotopic (exact) mass is 308 g/mol. The summed E-state index contributed by atoms with van der Waals surface area (Å²) in [6.45, 7) is 1.11. The molecule has 0 heterocycles. The van der Waals surface area contributed by atoms with E-state index >= 15 is 0 Å². The summed E-state index contributed by atoms with van der Waals surface area (Å²) in [7, 11) is 1.95. The van der Waals surface area contributed by atoms with Gasteiger partial charge in [-0.25, -0.2) is 0 Å². The highest BCUT2D eigenvalue weighted by molar-refractivity contribution is 6.31. The van der Waals surface area contributed by atoms with Crippen LogP contribution in [0.15, 0.2) is 24.3 Å². The fourth-order valence-electron chi connectivity index (χ4n) is 2.92. The lowest BCUT2D eigenvalue weighted by molar-refractivity contribution is -0.122. The highest BCUT2D eigenvalue weighted by Gasteiger charge is 2.16. The molecule has 1 N–H and O–H groups in total. The van der Waals surface area contributed by atoms with E-state index in [4.69, 9.17) is 11.6 Å². The van der Waals surface area contributed by atoms with Crippen molar-refractivity contribution in [3.05, 3.63) is 34.9 Å². The molecule has 3 nitrogen and oxygen atoms in total. The number of carbonyl (C=O) groups is 1. The van der Waals surface area contributed by atoms with Crippen LogP contribution >= 0.6 is 11.6 Å². The highest BCUT2D eigenvalue weighted by Crippen LogP contribution is 2.18. The van der Waals surface area contributed by atoms with Crippen LogP contribution in [0.5, 0.6) is 0 Å². The zero-order valence-electron chi connectivity index (χ0n) is 12.8. The Labute approximate surface area is 132 Å². The Morgan fingerprint density at radius 2 is 1.90 bits per heavy atom. The molecule has 1 aliphatic rings. The van der Waals surface area contributed by atoms with Crippen LogP contribution in [0.3, 0.4) is 0 Å². The first kappa shape index (κ1) is 16.3. The first-order valence-electron chi connectivity index (χ1n) is 7.86. The zero-order chi connectivity index (χ0) is 15.1. The van der Waals surface area contributed by atoms with Crippen LogP contribution in [0.1, 0.15) is 44.1 Å². The fourth-order valence-corrected chi connectivity index (χ4v) is 3.11. The van der Waals surface area contributed by atoms with Gasteiger partial charge in [-0.1, -0.05) is 55.5 Å². The van der Waals surface area contributed by atoms with Gasteiger partial charge in [0.05, 0.1) is 6.54 Å². The SMILES string of the molecule is CN(CC(=O)NC1CCCCCC1)Cc1ccccc1Cl. The molecule has 21 heavy (non-hydrogen) atoms. The Morgan fingerprint density at radius 1 is 1.24 bits per heavy atom. The fraction of sp³-hybridized carbons (Fsp3) is 0.588. The van der Waals surface area contributed by atoms with Gasteiger partial charge in [0.2, 0.25) is 5.91 Å². The van der Waals surface area contributed by atoms with E-state index in [1.54, 1.807) is 0 Å². The quantitative estimate of drug-likeness (QED) is 0.843. The standard InChI is InChI=1S/C17H25ClN2O/c1-20(12-14-8-6-7-11-16(14)18)13-17(21)19-15-9-4-2-3-5-10-15/h6-8,11,15H,2-5,9-10,12-13H2,1H3,(H,19,21). The molecule has 0 atom stereocenters. The molecule has 1 aliphatic carbocycles. The van der Waals surface area contributed by atoms with Crippen molar-refractivity contribution >= 4 is 17.5 Å². The molecule has 1 aromatic carbocycles. The molecule has 0 bridgehead atoms. The van der Waals surface area contributed by atoms with Crippen LogP contribution in [-0.4, -0.2) is 30.4 Å². The molecule has 2 rings (SSSR count). The number of hydrogen-bond donors (Lipinski definition) is 1. The number of amides is 1. The van der Waals surface area contributed by atoms with Crippen molar-refractivity contribution in [2.75, 3.05) is 13.6 Å². The Kier molecular flexibility index (Phi) is 6.52. The predicted octanol–water partition coefficient (Wildman–Crippen LogP) is 3.61. The second kappa shape index (κ2) is 8.40. The van der Waals surface area contributed by atoms with Gasteiger partial charge in [-0.05, 0) is 31.5 Å². The van der Waals surface area contributed by atoms with Crippen LogP contribution in [0.4, 0.5) is 0 Å². The van der Waals surface area contributed by atoms with Gasteiger partial charge in [-0.15, -0.1) is 0 Å². The number of carbonyl (C=O) groups excluding carboxylic acids is 1. The molecule has 0 aliphatic heterocycles. The van der Waals surface area contributed by atoms with Crippen molar-refractivity contribution in [1.29, 1.82) is 0 Å². The summed E-state index contributed by atoms with van der Waals surface area (Å²) in [4.78, 5) is 14.1. The Morgan fingerprint density at radius 3 is 2.57 bits per heavy atom. The van der Waals surface area contributed by atoms with Crippen molar-refractivity contribution in [3.63, 3.8) is 0 Å². The third-order valence-electron chi connectivity index (χ3n) is 4.03. The topological polar surface area (TPSA) is 32.3 Å². The summed E-state index contributed by atoms with van der Waals surface area (Å²) in [5.41, 5.74) is 1.06. The molecular formula is C17H25ClN2O. The van der Waals surface area contributed by atoms with E-state index in [0.717, 1.165) is 23.4 Å².